The van der Waals surface area contributed by atoms with Gasteiger partial charge < -0.3 is 10.2 Å². The smallest absolute Gasteiger partial charge is 0.159 e. The third-order valence-corrected chi connectivity index (χ3v) is 7.10. The number of carbonyl (C=O) groups excluding carboxylic acids is 1. The molecule has 4 aromatic carbocycles. The Labute approximate surface area is 193 Å². The normalized spacial score (nSPS) is 15.1. The minimum absolute atomic E-state index is 0.0655. The molecule has 4 nitrogen and oxygen atoms in total. The van der Waals surface area contributed by atoms with E-state index in [4.69, 9.17) is 4.99 Å². The largest absolute Gasteiger partial charge is 0.370 e. The van der Waals surface area contributed by atoms with Gasteiger partial charge in [-0.15, -0.1) is 0 Å². The van der Waals surface area contributed by atoms with Crippen LogP contribution in [-0.2, 0) is 6.54 Å². The molecular formula is C29H27N3O. The lowest BCUT2D eigenvalue weighted by molar-refractivity contribution is 0.101. The first-order valence-corrected chi connectivity index (χ1v) is 11.8. The number of benzene rings is 4. The molecule has 0 radical (unpaired) electrons. The number of piperidine rings is 1. The summed E-state index contributed by atoms with van der Waals surface area (Å²) in [5.74, 6) is 0.0655. The van der Waals surface area contributed by atoms with Crippen molar-refractivity contribution in [3.63, 3.8) is 0 Å². The van der Waals surface area contributed by atoms with Gasteiger partial charge in [-0.25, -0.2) is 0 Å². The summed E-state index contributed by atoms with van der Waals surface area (Å²) in [5.41, 5.74) is 5.15. The summed E-state index contributed by atoms with van der Waals surface area (Å²) in [6.07, 6.45) is 3.72. The fourth-order valence-electron chi connectivity index (χ4n) is 5.47. The number of hydrogen-bond acceptors (Lipinski definition) is 4. The first-order valence-electron chi connectivity index (χ1n) is 11.8. The minimum atomic E-state index is 0.0655. The van der Waals surface area contributed by atoms with Gasteiger partial charge in [-0.05, 0) is 65.9 Å². The van der Waals surface area contributed by atoms with Gasteiger partial charge in [0.25, 0.3) is 0 Å². The molecule has 0 spiro atoms. The Balaban J connectivity index is 1.65. The fourth-order valence-corrected chi connectivity index (χ4v) is 5.47. The van der Waals surface area contributed by atoms with Crippen LogP contribution in [0, 0.1) is 0 Å². The summed E-state index contributed by atoms with van der Waals surface area (Å²) in [7, 11) is 0. The van der Waals surface area contributed by atoms with Crippen molar-refractivity contribution in [2.45, 2.75) is 32.7 Å². The minimum Gasteiger partial charge on any atom is -0.370 e. The summed E-state index contributed by atoms with van der Waals surface area (Å²) in [6.45, 7) is 8.96. The lowest BCUT2D eigenvalue weighted by Crippen LogP contribution is -2.33. The monoisotopic (exact) mass is 433 g/mol. The maximum atomic E-state index is 12.0. The van der Waals surface area contributed by atoms with E-state index in [2.05, 4.69) is 47.1 Å². The van der Waals surface area contributed by atoms with Gasteiger partial charge in [0.05, 0.1) is 17.6 Å². The highest BCUT2D eigenvalue weighted by Gasteiger charge is 2.23. The second kappa shape index (κ2) is 7.73. The summed E-state index contributed by atoms with van der Waals surface area (Å²) < 4.78 is 0. The average molecular weight is 434 g/mol. The number of carbonyl (C=O) groups is 1. The number of anilines is 3. The van der Waals surface area contributed by atoms with Crippen LogP contribution in [0.5, 0.6) is 0 Å². The number of nitrogens with one attached hydrogen (secondary N) is 1. The molecule has 2 heterocycles. The van der Waals surface area contributed by atoms with Crippen molar-refractivity contribution in [2.24, 2.45) is 4.99 Å². The first-order chi connectivity index (χ1) is 16.1. The molecule has 33 heavy (non-hydrogen) atoms. The molecule has 0 saturated carbocycles. The van der Waals surface area contributed by atoms with Crippen molar-refractivity contribution in [1.29, 1.82) is 0 Å². The van der Waals surface area contributed by atoms with Crippen LogP contribution in [0.15, 0.2) is 59.6 Å². The lowest BCUT2D eigenvalue weighted by Gasteiger charge is -2.30. The van der Waals surface area contributed by atoms with E-state index < -0.39 is 0 Å². The molecule has 0 atom stereocenters. The molecule has 6 rings (SSSR count). The SMILES string of the molecule is C=c1c2ccccc2c2c3c(c(N4CCCCC4)cc(Nc4cccc(C(C)=O)c4)c13)=NC2. The summed E-state index contributed by atoms with van der Waals surface area (Å²) >= 11 is 0. The molecule has 4 aromatic rings. The Bertz CT molecular complexity index is 1550. The number of ketones is 1. The van der Waals surface area contributed by atoms with E-state index in [9.17, 15) is 4.79 Å². The number of rotatable bonds is 4. The Morgan fingerprint density at radius 1 is 0.970 bits per heavy atom. The standard InChI is InChI=1S/C29H27N3O/c1-18-22-11-4-5-12-23(22)24-17-30-29-26(32-13-6-3-7-14-32)16-25(27(18)28(24)29)31-21-10-8-9-20(15-21)19(2)33/h4-5,8-12,15-16,31H,1,3,6-7,13-14,17H2,2H3. The number of fused-ring (bicyclic) bond motifs is 2. The van der Waals surface area contributed by atoms with Crippen LogP contribution >= 0.6 is 0 Å². The summed E-state index contributed by atoms with van der Waals surface area (Å²) in [4.78, 5) is 19.5. The molecule has 0 unspecified atom stereocenters. The van der Waals surface area contributed by atoms with Crippen LogP contribution in [0.25, 0.3) is 28.1 Å². The van der Waals surface area contributed by atoms with Crippen LogP contribution in [0.2, 0.25) is 0 Å². The van der Waals surface area contributed by atoms with Crippen molar-refractivity contribution in [1.82, 2.24) is 0 Å². The van der Waals surface area contributed by atoms with Crippen molar-refractivity contribution in [3.05, 3.63) is 76.3 Å². The molecule has 4 heteroatoms. The third-order valence-electron chi connectivity index (χ3n) is 7.10. The van der Waals surface area contributed by atoms with Crippen LogP contribution in [0.3, 0.4) is 0 Å². The third kappa shape index (κ3) is 3.20. The van der Waals surface area contributed by atoms with E-state index in [-0.39, 0.29) is 5.78 Å². The topological polar surface area (TPSA) is 44.7 Å². The van der Waals surface area contributed by atoms with Crippen LogP contribution < -0.4 is 20.8 Å². The van der Waals surface area contributed by atoms with E-state index >= 15 is 0 Å². The highest BCUT2D eigenvalue weighted by atomic mass is 16.1. The van der Waals surface area contributed by atoms with E-state index in [1.165, 1.54) is 46.7 Å². The molecule has 0 aromatic heterocycles. The van der Waals surface area contributed by atoms with Gasteiger partial charge in [0.15, 0.2) is 5.78 Å². The van der Waals surface area contributed by atoms with Gasteiger partial charge in [0.1, 0.15) is 0 Å². The highest BCUT2D eigenvalue weighted by Crippen LogP contribution is 2.35. The zero-order valence-electron chi connectivity index (χ0n) is 18.9. The van der Waals surface area contributed by atoms with Crippen molar-refractivity contribution < 1.29 is 4.79 Å². The molecule has 1 fully saturated rings. The molecule has 1 N–H and O–H groups in total. The van der Waals surface area contributed by atoms with Gasteiger partial charge in [-0.1, -0.05) is 43.0 Å². The molecule has 0 amide bonds. The predicted molar refractivity (Wildman–Crippen MR) is 137 cm³/mol. The highest BCUT2D eigenvalue weighted by molar-refractivity contribution is 6.10. The molecule has 0 bridgehead atoms. The number of hydrogen-bond donors (Lipinski definition) is 1. The predicted octanol–water partition coefficient (Wildman–Crippen LogP) is 5.47. The van der Waals surface area contributed by atoms with E-state index in [1.54, 1.807) is 6.92 Å². The Morgan fingerprint density at radius 2 is 1.76 bits per heavy atom. The first kappa shape index (κ1) is 20.0. The number of nitrogens with zero attached hydrogens (tertiary/aromatic N) is 2. The molecule has 1 saturated heterocycles. The molecule has 2 aliphatic rings. The van der Waals surface area contributed by atoms with Crippen molar-refractivity contribution >= 4 is 51.0 Å². The van der Waals surface area contributed by atoms with E-state index in [1.807, 2.05) is 24.3 Å². The van der Waals surface area contributed by atoms with Gasteiger partial charge >= 0.3 is 0 Å². The number of Topliss-reactive ketones (excluding diaryl/α,β-unsaturated/α-hetero) is 1. The zero-order chi connectivity index (χ0) is 22.5. The van der Waals surface area contributed by atoms with E-state index in [0.29, 0.717) is 12.1 Å². The zero-order valence-corrected chi connectivity index (χ0v) is 18.9. The summed E-state index contributed by atoms with van der Waals surface area (Å²) in [5, 5.41) is 10.6. The molecule has 164 valence electrons. The quantitative estimate of drug-likeness (QED) is 0.343. The van der Waals surface area contributed by atoms with Crippen molar-refractivity contribution in [3.8, 4) is 0 Å². The molecule has 2 aliphatic heterocycles. The van der Waals surface area contributed by atoms with Gasteiger partial charge in [0.2, 0.25) is 0 Å². The Morgan fingerprint density at radius 3 is 2.55 bits per heavy atom. The Hall–Kier alpha value is -3.66. The maximum Gasteiger partial charge on any atom is 0.159 e. The molecule has 0 aliphatic carbocycles. The van der Waals surface area contributed by atoms with Crippen LogP contribution in [0.4, 0.5) is 17.1 Å². The van der Waals surface area contributed by atoms with Gasteiger partial charge in [0, 0.05) is 40.8 Å². The molecular weight excluding hydrogens is 406 g/mol. The van der Waals surface area contributed by atoms with Crippen LogP contribution in [-0.4, -0.2) is 18.9 Å². The maximum absolute atomic E-state index is 12.0. The van der Waals surface area contributed by atoms with Crippen molar-refractivity contribution in [2.75, 3.05) is 23.3 Å². The van der Waals surface area contributed by atoms with Gasteiger partial charge in [-0.3, -0.25) is 9.79 Å². The Kier molecular flexibility index (Phi) is 4.68. The van der Waals surface area contributed by atoms with Crippen LogP contribution in [0.1, 0.15) is 42.1 Å². The van der Waals surface area contributed by atoms with Gasteiger partial charge in [-0.2, -0.15) is 0 Å². The lowest BCUT2D eigenvalue weighted by atomic mass is 9.93. The second-order valence-electron chi connectivity index (χ2n) is 9.17. The fraction of sp³-hybridized carbons (Fsp3) is 0.241. The average Bonchev–Trinajstić information content (AvgIpc) is 3.29. The van der Waals surface area contributed by atoms with E-state index in [0.717, 1.165) is 40.4 Å². The summed E-state index contributed by atoms with van der Waals surface area (Å²) in [6, 6.07) is 18.5. The second-order valence-corrected chi connectivity index (χ2v) is 9.17.